The van der Waals surface area contributed by atoms with Gasteiger partial charge in [0.05, 0.1) is 16.1 Å². The third-order valence-electron chi connectivity index (χ3n) is 4.51. The van der Waals surface area contributed by atoms with Crippen molar-refractivity contribution in [2.75, 3.05) is 5.32 Å². The Hall–Kier alpha value is -3.97. The highest BCUT2D eigenvalue weighted by molar-refractivity contribution is 7.12. The molecule has 160 valence electrons. The molecule has 0 bridgehead atoms. The number of pyridine rings is 1. The number of thiophene rings is 1. The molecule has 4 rings (SSSR count). The zero-order chi connectivity index (χ0) is 22.2. The number of rotatable bonds is 8. The van der Waals surface area contributed by atoms with Crippen molar-refractivity contribution in [3.05, 3.63) is 112 Å². The van der Waals surface area contributed by atoms with E-state index in [1.165, 1.54) is 11.3 Å². The third-order valence-corrected chi connectivity index (χ3v) is 5.38. The Labute approximate surface area is 189 Å². The van der Waals surface area contributed by atoms with E-state index in [9.17, 15) is 9.59 Å². The number of anilines is 1. The van der Waals surface area contributed by atoms with Gasteiger partial charge in [-0.3, -0.25) is 9.78 Å². The molecule has 1 amide bonds. The highest BCUT2D eigenvalue weighted by Gasteiger charge is 2.11. The number of nitrogens with zero attached hydrogens (tertiary/aromatic N) is 1. The van der Waals surface area contributed by atoms with Crippen LogP contribution in [-0.2, 0) is 18.0 Å². The molecule has 0 aliphatic heterocycles. The molecule has 0 radical (unpaired) electrons. The van der Waals surface area contributed by atoms with Gasteiger partial charge >= 0.3 is 5.97 Å². The summed E-state index contributed by atoms with van der Waals surface area (Å²) in [6.45, 7) is 0.514. The lowest BCUT2D eigenvalue weighted by Crippen LogP contribution is -2.11. The van der Waals surface area contributed by atoms with Crippen molar-refractivity contribution < 1.29 is 19.1 Å². The van der Waals surface area contributed by atoms with Gasteiger partial charge in [-0.2, -0.15) is 0 Å². The maximum atomic E-state index is 12.4. The predicted octanol–water partition coefficient (Wildman–Crippen LogP) is 5.33. The fourth-order valence-electron chi connectivity index (χ4n) is 2.88. The van der Waals surface area contributed by atoms with E-state index in [-0.39, 0.29) is 12.5 Å². The van der Waals surface area contributed by atoms with Gasteiger partial charge in [-0.25, -0.2) is 4.79 Å². The van der Waals surface area contributed by atoms with E-state index in [2.05, 4.69) is 10.3 Å². The molecule has 2 aromatic carbocycles. The van der Waals surface area contributed by atoms with Crippen molar-refractivity contribution >= 4 is 28.9 Å². The topological polar surface area (TPSA) is 77.5 Å². The Bertz CT molecular complexity index is 1180. The Morgan fingerprint density at radius 1 is 0.906 bits per heavy atom. The summed E-state index contributed by atoms with van der Waals surface area (Å²) in [6.07, 6.45) is 1.73. The van der Waals surface area contributed by atoms with Crippen LogP contribution in [0.25, 0.3) is 0 Å². The first kappa shape index (κ1) is 21.3. The van der Waals surface area contributed by atoms with Crippen LogP contribution in [0, 0.1) is 0 Å². The van der Waals surface area contributed by atoms with Gasteiger partial charge in [-0.15, -0.1) is 11.3 Å². The molecule has 0 fully saturated rings. The minimum absolute atomic E-state index is 0.130. The minimum Gasteiger partial charge on any atom is -0.487 e. The van der Waals surface area contributed by atoms with Crippen molar-refractivity contribution in [3.8, 4) is 5.75 Å². The molecule has 32 heavy (non-hydrogen) atoms. The second-order valence-electron chi connectivity index (χ2n) is 6.84. The smallest absolute Gasteiger partial charge is 0.338 e. The van der Waals surface area contributed by atoms with Crippen LogP contribution in [-0.4, -0.2) is 16.9 Å². The number of carbonyl (C=O) groups is 2. The van der Waals surface area contributed by atoms with Gasteiger partial charge in [-0.1, -0.05) is 30.3 Å². The van der Waals surface area contributed by atoms with Gasteiger partial charge in [0.1, 0.15) is 19.0 Å². The van der Waals surface area contributed by atoms with Crippen molar-refractivity contribution in [1.82, 2.24) is 4.98 Å². The monoisotopic (exact) mass is 444 g/mol. The fraction of sp³-hybridized carbons (Fsp3) is 0.0800. The average Bonchev–Trinajstić information content (AvgIpc) is 3.38. The molecule has 0 saturated carbocycles. The Balaban J connectivity index is 1.29. The number of hydrogen-bond donors (Lipinski definition) is 1. The molecule has 0 aliphatic carbocycles. The van der Waals surface area contributed by atoms with Gasteiger partial charge in [0.15, 0.2) is 0 Å². The first-order valence-electron chi connectivity index (χ1n) is 9.91. The summed E-state index contributed by atoms with van der Waals surface area (Å²) in [6, 6.07) is 23.3. The molecule has 0 atom stereocenters. The maximum absolute atomic E-state index is 12.4. The van der Waals surface area contributed by atoms with E-state index < -0.39 is 5.97 Å². The van der Waals surface area contributed by atoms with E-state index in [1.54, 1.807) is 36.5 Å². The Morgan fingerprint density at radius 3 is 2.53 bits per heavy atom. The van der Waals surface area contributed by atoms with Gasteiger partial charge in [-0.05, 0) is 59.5 Å². The van der Waals surface area contributed by atoms with Crippen LogP contribution in [0.4, 0.5) is 5.69 Å². The highest BCUT2D eigenvalue weighted by atomic mass is 32.1. The summed E-state index contributed by atoms with van der Waals surface area (Å²) < 4.78 is 11.1. The molecule has 0 saturated heterocycles. The van der Waals surface area contributed by atoms with Crippen LogP contribution in [0.1, 0.15) is 31.3 Å². The fourth-order valence-corrected chi connectivity index (χ4v) is 3.50. The largest absolute Gasteiger partial charge is 0.487 e. The number of hydrogen-bond acceptors (Lipinski definition) is 6. The summed E-state index contributed by atoms with van der Waals surface area (Å²) >= 11 is 1.35. The normalized spacial score (nSPS) is 10.4. The van der Waals surface area contributed by atoms with Gasteiger partial charge in [0.25, 0.3) is 5.91 Å². The van der Waals surface area contributed by atoms with Crippen molar-refractivity contribution in [2.24, 2.45) is 0 Å². The third kappa shape index (κ3) is 5.80. The summed E-state index contributed by atoms with van der Waals surface area (Å²) in [5, 5.41) is 4.62. The molecular formula is C25H20N2O4S. The average molecular weight is 445 g/mol. The van der Waals surface area contributed by atoms with Gasteiger partial charge in [0.2, 0.25) is 0 Å². The number of ether oxygens (including phenoxy) is 2. The number of benzene rings is 2. The lowest BCUT2D eigenvalue weighted by atomic mass is 10.2. The van der Waals surface area contributed by atoms with Crippen molar-refractivity contribution in [3.63, 3.8) is 0 Å². The van der Waals surface area contributed by atoms with E-state index >= 15 is 0 Å². The number of nitrogens with one attached hydrogen (secondary N) is 1. The summed E-state index contributed by atoms with van der Waals surface area (Å²) in [5.74, 6) is 0.0310. The zero-order valence-corrected chi connectivity index (χ0v) is 17.9. The molecule has 7 heteroatoms. The molecule has 0 aliphatic rings. The lowest BCUT2D eigenvalue weighted by Gasteiger charge is -2.09. The highest BCUT2D eigenvalue weighted by Crippen LogP contribution is 2.17. The van der Waals surface area contributed by atoms with Crippen LogP contribution in [0.3, 0.4) is 0 Å². The zero-order valence-electron chi connectivity index (χ0n) is 17.1. The SMILES string of the molecule is O=C(OCc1ccc(OCc2ccccn2)cc1)c1cccc(NC(=O)c2cccs2)c1. The predicted molar refractivity (Wildman–Crippen MR) is 123 cm³/mol. The summed E-state index contributed by atoms with van der Waals surface area (Å²) in [7, 11) is 0. The number of carbonyl (C=O) groups excluding carboxylic acids is 2. The van der Waals surface area contributed by atoms with Crippen LogP contribution < -0.4 is 10.1 Å². The molecule has 4 aromatic rings. The second-order valence-corrected chi connectivity index (χ2v) is 7.79. The molecule has 6 nitrogen and oxygen atoms in total. The van der Waals surface area contributed by atoms with Crippen LogP contribution >= 0.6 is 11.3 Å². The first-order valence-corrected chi connectivity index (χ1v) is 10.8. The number of aromatic nitrogens is 1. The summed E-state index contributed by atoms with van der Waals surface area (Å²) in [4.78, 5) is 29.5. The van der Waals surface area contributed by atoms with Crippen LogP contribution in [0.15, 0.2) is 90.4 Å². The molecule has 2 aromatic heterocycles. The van der Waals surface area contributed by atoms with Crippen LogP contribution in [0.2, 0.25) is 0 Å². The first-order chi connectivity index (χ1) is 15.7. The minimum atomic E-state index is -0.465. The van der Waals surface area contributed by atoms with E-state index in [0.29, 0.717) is 28.5 Å². The van der Waals surface area contributed by atoms with E-state index in [4.69, 9.17) is 9.47 Å². The summed E-state index contributed by atoms with van der Waals surface area (Å²) in [5.41, 5.74) is 2.58. The Morgan fingerprint density at radius 2 is 1.78 bits per heavy atom. The van der Waals surface area contributed by atoms with Crippen molar-refractivity contribution in [2.45, 2.75) is 13.2 Å². The number of esters is 1. The Kier molecular flexibility index (Phi) is 6.89. The van der Waals surface area contributed by atoms with E-state index in [1.807, 2.05) is 53.9 Å². The lowest BCUT2D eigenvalue weighted by molar-refractivity contribution is 0.0472. The second kappa shape index (κ2) is 10.4. The molecule has 0 unspecified atom stereocenters. The van der Waals surface area contributed by atoms with E-state index in [0.717, 1.165) is 11.3 Å². The standard InChI is InChI=1S/C25H20N2O4S/c28-24(23-8-4-14-32-23)27-20-7-3-5-19(15-20)25(29)31-16-18-9-11-22(12-10-18)30-17-21-6-1-2-13-26-21/h1-15H,16-17H2,(H,27,28). The van der Waals surface area contributed by atoms with Crippen LogP contribution in [0.5, 0.6) is 5.75 Å². The maximum Gasteiger partial charge on any atom is 0.338 e. The molecule has 1 N–H and O–H groups in total. The molecule has 0 spiro atoms. The van der Waals surface area contributed by atoms with Crippen molar-refractivity contribution in [1.29, 1.82) is 0 Å². The molecular weight excluding hydrogens is 424 g/mol. The number of amides is 1. The van der Waals surface area contributed by atoms with Gasteiger partial charge in [0, 0.05) is 11.9 Å². The van der Waals surface area contributed by atoms with Gasteiger partial charge < -0.3 is 14.8 Å². The quantitative estimate of drug-likeness (QED) is 0.372. The molecule has 2 heterocycles.